The van der Waals surface area contributed by atoms with Crippen molar-refractivity contribution in [3.63, 3.8) is 0 Å². The number of nitrogens with two attached hydrogens (primary N) is 1. The first-order valence-corrected chi connectivity index (χ1v) is 10.2. The van der Waals surface area contributed by atoms with Crippen LogP contribution in [-0.4, -0.2) is 49.2 Å². The molecule has 2 unspecified atom stereocenters. The molecule has 0 aromatic rings. The molecule has 3 fully saturated rings. The topological polar surface area (TPSA) is 111 Å². The fraction of sp³-hybridized carbons (Fsp3) is 0.842. The van der Waals surface area contributed by atoms with Crippen LogP contribution >= 0.6 is 0 Å². The highest BCUT2D eigenvalue weighted by molar-refractivity contribution is 5.86. The molecule has 1 spiro atoms. The predicted molar refractivity (Wildman–Crippen MR) is 96.3 cm³/mol. The summed E-state index contributed by atoms with van der Waals surface area (Å²) in [5, 5.41) is 5.86. The summed E-state index contributed by atoms with van der Waals surface area (Å²) in [7, 11) is 0. The van der Waals surface area contributed by atoms with Crippen molar-refractivity contribution in [2.45, 2.75) is 69.8 Å². The second-order valence-electron chi connectivity index (χ2n) is 8.55. The Labute approximate surface area is 167 Å². The van der Waals surface area contributed by atoms with Gasteiger partial charge in [0.1, 0.15) is 6.61 Å². The minimum atomic E-state index is -4.91. The molecule has 2 aliphatic heterocycles. The first-order valence-electron chi connectivity index (χ1n) is 10.2. The summed E-state index contributed by atoms with van der Waals surface area (Å²) >= 11 is 0. The van der Waals surface area contributed by atoms with Crippen LogP contribution < -0.4 is 16.4 Å². The maximum absolute atomic E-state index is 12.9. The fourth-order valence-electron chi connectivity index (χ4n) is 5.37. The summed E-state index contributed by atoms with van der Waals surface area (Å²) < 4.78 is 41.4. The first kappa shape index (κ1) is 22.0. The monoisotopic (exact) mass is 419 g/mol. The second kappa shape index (κ2) is 8.59. The molecule has 0 aromatic carbocycles. The molecule has 7 nitrogen and oxygen atoms in total. The van der Waals surface area contributed by atoms with E-state index in [0.717, 1.165) is 32.1 Å². The van der Waals surface area contributed by atoms with E-state index < -0.39 is 48.6 Å². The third-order valence-corrected chi connectivity index (χ3v) is 6.74. The lowest BCUT2D eigenvalue weighted by Crippen LogP contribution is -2.50. The van der Waals surface area contributed by atoms with Crippen LogP contribution in [-0.2, 0) is 19.1 Å². The number of carbonyl (C=O) groups is 3. The van der Waals surface area contributed by atoms with E-state index in [0.29, 0.717) is 19.4 Å². The molecule has 0 aromatic heterocycles. The van der Waals surface area contributed by atoms with Gasteiger partial charge in [-0.3, -0.25) is 19.1 Å². The molecule has 2 heterocycles. The summed E-state index contributed by atoms with van der Waals surface area (Å²) in [4.78, 5) is 36.8. The third-order valence-electron chi connectivity index (χ3n) is 6.74. The number of hydrogen-bond donors (Lipinski definition) is 3. The maximum Gasteiger partial charge on any atom is 0.522 e. The highest BCUT2D eigenvalue weighted by atomic mass is 19.4. The molecule has 4 atom stereocenters. The zero-order valence-corrected chi connectivity index (χ0v) is 16.2. The number of ether oxygens (including phenoxy) is 1. The molecule has 29 heavy (non-hydrogen) atoms. The first-order chi connectivity index (χ1) is 13.6. The molecule has 3 aliphatic rings. The number of nitrogens with one attached hydrogen (secondary N) is 2. The van der Waals surface area contributed by atoms with Gasteiger partial charge in [-0.05, 0) is 37.5 Å². The van der Waals surface area contributed by atoms with Gasteiger partial charge < -0.3 is 16.4 Å². The van der Waals surface area contributed by atoms with E-state index in [2.05, 4.69) is 15.4 Å². The van der Waals surface area contributed by atoms with Gasteiger partial charge in [0.05, 0.1) is 6.04 Å². The molecule has 3 rings (SSSR count). The number of hydrogen-bond acceptors (Lipinski definition) is 5. The highest BCUT2D eigenvalue weighted by Gasteiger charge is 2.53. The number of alkyl halides is 3. The van der Waals surface area contributed by atoms with Crippen molar-refractivity contribution in [3.8, 4) is 0 Å². The van der Waals surface area contributed by atoms with E-state index >= 15 is 0 Å². The third kappa shape index (κ3) is 5.09. The van der Waals surface area contributed by atoms with E-state index in [1.54, 1.807) is 0 Å². The van der Waals surface area contributed by atoms with Gasteiger partial charge in [-0.25, -0.2) is 0 Å². The Hall–Kier alpha value is -1.68. The molecule has 1 aliphatic carbocycles. The number of carbonyl (C=O) groups excluding carboxylic acids is 3. The Kier molecular flexibility index (Phi) is 6.52. The SMILES string of the molecule is NC(=O)C1CC2(CCCCC2)C([C@H](C[C@H]2CCNC2=O)C(=O)COC(F)(F)F)N1. The van der Waals surface area contributed by atoms with Crippen molar-refractivity contribution in [1.29, 1.82) is 0 Å². The normalized spacial score (nSPS) is 30.3. The Balaban J connectivity index is 1.86. The van der Waals surface area contributed by atoms with Gasteiger partial charge in [0.2, 0.25) is 11.8 Å². The minimum Gasteiger partial charge on any atom is -0.368 e. The van der Waals surface area contributed by atoms with Crippen molar-refractivity contribution in [1.82, 2.24) is 10.6 Å². The number of ketones is 1. The van der Waals surface area contributed by atoms with Gasteiger partial charge in [-0.2, -0.15) is 0 Å². The summed E-state index contributed by atoms with van der Waals surface area (Å²) in [6.07, 6.45) is 0.653. The number of primary amides is 1. The average Bonchev–Trinajstić information content (AvgIpc) is 3.22. The van der Waals surface area contributed by atoms with Gasteiger partial charge >= 0.3 is 6.36 Å². The van der Waals surface area contributed by atoms with Crippen molar-refractivity contribution in [3.05, 3.63) is 0 Å². The molecule has 2 amide bonds. The van der Waals surface area contributed by atoms with E-state index in [4.69, 9.17) is 5.73 Å². The summed E-state index contributed by atoms with van der Waals surface area (Å²) in [5.41, 5.74) is 5.12. The smallest absolute Gasteiger partial charge is 0.368 e. The molecular weight excluding hydrogens is 391 g/mol. The number of halogens is 3. The zero-order valence-electron chi connectivity index (χ0n) is 16.2. The van der Waals surface area contributed by atoms with Crippen LogP contribution in [0.15, 0.2) is 0 Å². The molecule has 2 saturated heterocycles. The van der Waals surface area contributed by atoms with Gasteiger partial charge in [0.15, 0.2) is 5.78 Å². The molecule has 1 saturated carbocycles. The molecule has 164 valence electrons. The number of amides is 2. The average molecular weight is 419 g/mol. The molecule has 0 bridgehead atoms. The van der Waals surface area contributed by atoms with Gasteiger partial charge in [0, 0.05) is 24.4 Å². The molecule has 10 heteroatoms. The van der Waals surface area contributed by atoms with Crippen molar-refractivity contribution >= 4 is 17.6 Å². The van der Waals surface area contributed by atoms with Gasteiger partial charge in [-0.1, -0.05) is 19.3 Å². The Morgan fingerprint density at radius 3 is 2.48 bits per heavy atom. The van der Waals surface area contributed by atoms with Crippen molar-refractivity contribution in [2.24, 2.45) is 23.0 Å². The van der Waals surface area contributed by atoms with E-state index in [9.17, 15) is 27.6 Å². The predicted octanol–water partition coefficient (Wildman–Crippen LogP) is 1.40. The van der Waals surface area contributed by atoms with E-state index in [1.165, 1.54) is 0 Å². The number of Topliss-reactive ketones (excluding diaryl/α,β-unsaturated/α-hetero) is 1. The Morgan fingerprint density at radius 2 is 1.93 bits per heavy atom. The standard InChI is InChI=1S/C19H28F3N3O4/c20-19(21,22)29-10-14(26)12(8-11-4-7-24-17(11)28)15-18(5-2-1-3-6-18)9-13(25-15)16(23)27/h11-13,15,25H,1-10H2,(H2,23,27)(H,24,28)/t11-,12-,13?,15?/m1/s1. The molecule has 0 radical (unpaired) electrons. The van der Waals surface area contributed by atoms with E-state index in [1.807, 2.05) is 0 Å². The summed E-state index contributed by atoms with van der Waals surface area (Å²) in [5.74, 6) is -2.72. The van der Waals surface area contributed by atoms with Crippen LogP contribution in [0.5, 0.6) is 0 Å². The lowest BCUT2D eigenvalue weighted by molar-refractivity contribution is -0.321. The van der Waals surface area contributed by atoms with E-state index in [-0.39, 0.29) is 17.7 Å². The van der Waals surface area contributed by atoms with Crippen LogP contribution in [0.4, 0.5) is 13.2 Å². The molecular formula is C19H28F3N3O4. The largest absolute Gasteiger partial charge is 0.522 e. The summed E-state index contributed by atoms with van der Waals surface area (Å²) in [6, 6.07) is -1.13. The van der Waals surface area contributed by atoms with Crippen molar-refractivity contribution in [2.75, 3.05) is 13.2 Å². The van der Waals surface area contributed by atoms with Crippen LogP contribution in [0.25, 0.3) is 0 Å². The second-order valence-corrected chi connectivity index (χ2v) is 8.55. The van der Waals surface area contributed by atoms with Crippen LogP contribution in [0.1, 0.15) is 51.4 Å². The quantitative estimate of drug-likeness (QED) is 0.578. The van der Waals surface area contributed by atoms with Crippen molar-refractivity contribution < 1.29 is 32.3 Å². The lowest BCUT2D eigenvalue weighted by atomic mass is 9.64. The van der Waals surface area contributed by atoms with Crippen LogP contribution in [0, 0.1) is 17.3 Å². The fourth-order valence-corrected chi connectivity index (χ4v) is 5.37. The Bertz CT molecular complexity index is 649. The lowest BCUT2D eigenvalue weighted by Gasteiger charge is -2.42. The van der Waals surface area contributed by atoms with Gasteiger partial charge in [-0.15, -0.1) is 13.2 Å². The van der Waals surface area contributed by atoms with Crippen LogP contribution in [0.2, 0.25) is 0 Å². The molecule has 4 N–H and O–H groups in total. The maximum atomic E-state index is 12.9. The minimum absolute atomic E-state index is 0.136. The Morgan fingerprint density at radius 1 is 1.24 bits per heavy atom. The summed E-state index contributed by atoms with van der Waals surface area (Å²) in [6.45, 7) is -0.616. The van der Waals surface area contributed by atoms with Crippen LogP contribution in [0.3, 0.4) is 0 Å². The number of rotatable bonds is 7. The zero-order chi connectivity index (χ0) is 21.2. The van der Waals surface area contributed by atoms with Gasteiger partial charge in [0.25, 0.3) is 0 Å². The highest BCUT2D eigenvalue weighted by Crippen LogP contribution is 2.50.